The van der Waals surface area contributed by atoms with Gasteiger partial charge in [0.2, 0.25) is 5.75 Å². The number of rotatable bonds is 5. The molecule has 1 aromatic heterocycles. The molecule has 0 amide bonds. The third kappa shape index (κ3) is 2.21. The van der Waals surface area contributed by atoms with Crippen LogP contribution in [0.15, 0.2) is 12.1 Å². The van der Waals surface area contributed by atoms with Gasteiger partial charge in [-0.2, -0.15) is 5.26 Å². The number of carbonyl (C=O) groups is 1. The van der Waals surface area contributed by atoms with E-state index in [9.17, 15) is 9.90 Å². The molecule has 7 nitrogen and oxygen atoms in total. The molecule has 2 aromatic rings. The van der Waals surface area contributed by atoms with Crippen LogP contribution in [0.3, 0.4) is 0 Å². The van der Waals surface area contributed by atoms with Crippen molar-refractivity contribution in [2.75, 3.05) is 21.3 Å². The highest BCUT2D eigenvalue weighted by Gasteiger charge is 2.23. The lowest BCUT2D eigenvalue weighted by molar-refractivity contribution is 0.0686. The molecular weight excluding hydrogens is 276 g/mol. The fraction of sp³-hybridized carbons (Fsp3) is 0.286. The average molecular weight is 290 g/mol. The summed E-state index contributed by atoms with van der Waals surface area (Å²) in [5.74, 6) is -0.0225. The zero-order valence-electron chi connectivity index (χ0n) is 11.8. The Morgan fingerprint density at radius 3 is 2.38 bits per heavy atom. The van der Waals surface area contributed by atoms with Gasteiger partial charge in [-0.25, -0.2) is 4.79 Å². The van der Waals surface area contributed by atoms with Crippen molar-refractivity contribution in [3.05, 3.63) is 17.8 Å². The van der Waals surface area contributed by atoms with Gasteiger partial charge in [0, 0.05) is 5.39 Å². The highest BCUT2D eigenvalue weighted by molar-refractivity contribution is 5.99. The standard InChI is InChI=1S/C14H14N2O5/c1-19-10-7-8-6-9(14(17)18)16(5-4-15)11(8)13(21-3)12(10)20-2/h6-7H,5H2,1-3H3,(H,17,18). The number of carboxylic acids is 1. The Balaban J connectivity index is 2.93. The van der Waals surface area contributed by atoms with Gasteiger partial charge in [0.15, 0.2) is 11.5 Å². The molecule has 0 radical (unpaired) electrons. The number of carboxylic acid groups (broad SMARTS) is 1. The minimum Gasteiger partial charge on any atom is -0.493 e. The molecule has 2 rings (SSSR count). The maximum absolute atomic E-state index is 11.3. The van der Waals surface area contributed by atoms with Gasteiger partial charge in [-0.3, -0.25) is 0 Å². The first-order valence-corrected chi connectivity index (χ1v) is 6.01. The predicted octanol–water partition coefficient (Wildman–Crippen LogP) is 1.89. The fourth-order valence-electron chi connectivity index (χ4n) is 2.31. The SMILES string of the molecule is COc1cc2cc(C(=O)O)n(CC#N)c2c(OC)c1OC. The second kappa shape index (κ2) is 5.63. The number of aromatic carboxylic acids is 1. The van der Waals surface area contributed by atoms with E-state index in [1.807, 2.05) is 6.07 Å². The zero-order chi connectivity index (χ0) is 15.6. The van der Waals surface area contributed by atoms with Crippen molar-refractivity contribution in [3.8, 4) is 23.3 Å². The van der Waals surface area contributed by atoms with Crippen LogP contribution in [0.4, 0.5) is 0 Å². The van der Waals surface area contributed by atoms with E-state index in [-0.39, 0.29) is 12.2 Å². The molecule has 0 saturated heterocycles. The number of hydrogen-bond donors (Lipinski definition) is 1. The highest BCUT2D eigenvalue weighted by Crippen LogP contribution is 2.44. The van der Waals surface area contributed by atoms with E-state index in [1.165, 1.54) is 32.0 Å². The highest BCUT2D eigenvalue weighted by atomic mass is 16.5. The van der Waals surface area contributed by atoms with Crippen molar-refractivity contribution in [2.45, 2.75) is 6.54 Å². The van der Waals surface area contributed by atoms with E-state index in [2.05, 4.69) is 0 Å². The Bertz CT molecular complexity index is 742. The van der Waals surface area contributed by atoms with Gasteiger partial charge in [-0.1, -0.05) is 0 Å². The van der Waals surface area contributed by atoms with Gasteiger partial charge >= 0.3 is 5.97 Å². The van der Waals surface area contributed by atoms with Crippen LogP contribution in [0.2, 0.25) is 0 Å². The molecule has 0 bridgehead atoms. The van der Waals surface area contributed by atoms with Crippen LogP contribution >= 0.6 is 0 Å². The summed E-state index contributed by atoms with van der Waals surface area (Å²) in [7, 11) is 4.39. The molecule has 1 heterocycles. The molecular formula is C14H14N2O5. The molecule has 0 aliphatic carbocycles. The van der Waals surface area contributed by atoms with Crippen LogP contribution in [0.5, 0.6) is 17.2 Å². The smallest absolute Gasteiger partial charge is 0.352 e. The molecule has 0 saturated carbocycles. The van der Waals surface area contributed by atoms with E-state index in [0.717, 1.165) is 0 Å². The monoisotopic (exact) mass is 290 g/mol. The minimum absolute atomic E-state index is 0.000145. The van der Waals surface area contributed by atoms with Crippen LogP contribution in [-0.4, -0.2) is 37.0 Å². The molecule has 21 heavy (non-hydrogen) atoms. The van der Waals surface area contributed by atoms with Gasteiger partial charge in [-0.15, -0.1) is 0 Å². The van der Waals surface area contributed by atoms with E-state index in [1.54, 1.807) is 6.07 Å². The first kappa shape index (κ1) is 14.5. The van der Waals surface area contributed by atoms with Crippen molar-refractivity contribution in [3.63, 3.8) is 0 Å². The van der Waals surface area contributed by atoms with Gasteiger partial charge in [0.05, 0.1) is 32.9 Å². The molecule has 0 spiro atoms. The van der Waals surface area contributed by atoms with Gasteiger partial charge < -0.3 is 23.9 Å². The summed E-state index contributed by atoms with van der Waals surface area (Å²) < 4.78 is 17.2. The maximum Gasteiger partial charge on any atom is 0.352 e. The quantitative estimate of drug-likeness (QED) is 0.903. The largest absolute Gasteiger partial charge is 0.493 e. The summed E-state index contributed by atoms with van der Waals surface area (Å²) >= 11 is 0. The molecule has 0 fully saturated rings. The predicted molar refractivity (Wildman–Crippen MR) is 74.2 cm³/mol. The first-order valence-electron chi connectivity index (χ1n) is 6.01. The van der Waals surface area contributed by atoms with Gasteiger partial charge in [0.1, 0.15) is 12.2 Å². The number of ether oxygens (including phenoxy) is 3. The summed E-state index contributed by atoms with van der Waals surface area (Å²) in [6.07, 6.45) is 0. The molecule has 0 atom stereocenters. The van der Waals surface area contributed by atoms with Gasteiger partial charge in [0.25, 0.3) is 0 Å². The van der Waals surface area contributed by atoms with Crippen LogP contribution in [0, 0.1) is 11.3 Å². The number of nitrogens with zero attached hydrogens (tertiary/aromatic N) is 2. The number of benzene rings is 1. The van der Waals surface area contributed by atoms with Crippen LogP contribution < -0.4 is 14.2 Å². The Hall–Kier alpha value is -2.88. The maximum atomic E-state index is 11.3. The van der Waals surface area contributed by atoms with Crippen LogP contribution in [0.25, 0.3) is 10.9 Å². The van der Waals surface area contributed by atoms with E-state index < -0.39 is 5.97 Å². The zero-order valence-corrected chi connectivity index (χ0v) is 11.8. The molecule has 1 aromatic carbocycles. The number of methoxy groups -OCH3 is 3. The van der Waals surface area contributed by atoms with E-state index >= 15 is 0 Å². The molecule has 0 aliphatic heterocycles. The lowest BCUT2D eigenvalue weighted by atomic mass is 10.2. The Morgan fingerprint density at radius 1 is 1.24 bits per heavy atom. The molecule has 0 unspecified atom stereocenters. The average Bonchev–Trinajstić information content (AvgIpc) is 2.84. The molecule has 7 heteroatoms. The normalized spacial score (nSPS) is 10.2. The third-order valence-electron chi connectivity index (χ3n) is 3.13. The van der Waals surface area contributed by atoms with Crippen molar-refractivity contribution in [1.82, 2.24) is 4.57 Å². The number of nitriles is 1. The lowest BCUT2D eigenvalue weighted by Crippen LogP contribution is -2.08. The number of fused-ring (bicyclic) bond motifs is 1. The second-order valence-corrected chi connectivity index (χ2v) is 4.16. The Labute approximate surface area is 120 Å². The summed E-state index contributed by atoms with van der Waals surface area (Å²) in [4.78, 5) is 11.3. The number of aromatic nitrogens is 1. The van der Waals surface area contributed by atoms with Crippen molar-refractivity contribution in [1.29, 1.82) is 5.26 Å². The Morgan fingerprint density at radius 2 is 1.90 bits per heavy atom. The van der Waals surface area contributed by atoms with Crippen molar-refractivity contribution >= 4 is 16.9 Å². The second-order valence-electron chi connectivity index (χ2n) is 4.16. The van der Waals surface area contributed by atoms with E-state index in [4.69, 9.17) is 19.5 Å². The molecule has 0 aliphatic rings. The van der Waals surface area contributed by atoms with Crippen LogP contribution in [-0.2, 0) is 6.54 Å². The summed E-state index contributed by atoms with van der Waals surface area (Å²) in [6.45, 7) is -0.114. The van der Waals surface area contributed by atoms with E-state index in [0.29, 0.717) is 28.2 Å². The summed E-state index contributed by atoms with van der Waals surface area (Å²) in [6, 6.07) is 5.07. The lowest BCUT2D eigenvalue weighted by Gasteiger charge is -2.14. The minimum atomic E-state index is -1.12. The van der Waals surface area contributed by atoms with Crippen LogP contribution in [0.1, 0.15) is 10.5 Å². The fourth-order valence-corrected chi connectivity index (χ4v) is 2.31. The number of hydrogen-bond acceptors (Lipinski definition) is 5. The third-order valence-corrected chi connectivity index (χ3v) is 3.13. The van der Waals surface area contributed by atoms with Crippen molar-refractivity contribution < 1.29 is 24.1 Å². The summed E-state index contributed by atoms with van der Waals surface area (Å²) in [5.41, 5.74) is 0.481. The van der Waals surface area contributed by atoms with Crippen molar-refractivity contribution in [2.24, 2.45) is 0 Å². The summed E-state index contributed by atoms with van der Waals surface area (Å²) in [5, 5.41) is 18.8. The Kier molecular flexibility index (Phi) is 3.89. The topological polar surface area (TPSA) is 93.7 Å². The molecule has 1 N–H and O–H groups in total. The molecule has 110 valence electrons. The van der Waals surface area contributed by atoms with Gasteiger partial charge in [-0.05, 0) is 12.1 Å². The first-order chi connectivity index (χ1) is 10.1.